The summed E-state index contributed by atoms with van der Waals surface area (Å²) >= 11 is 5.88. The summed E-state index contributed by atoms with van der Waals surface area (Å²) in [7, 11) is 0. The minimum Gasteiger partial charge on any atom is -0.271 e. The topological polar surface area (TPSA) is 38.0 Å². The Hall–Kier alpha value is -1.35. The summed E-state index contributed by atoms with van der Waals surface area (Å²) in [4.78, 5) is 0. The molecule has 0 aromatic heterocycles. The van der Waals surface area contributed by atoms with Gasteiger partial charge in [0.25, 0.3) is 0 Å². The molecule has 2 aromatic rings. The van der Waals surface area contributed by atoms with Gasteiger partial charge in [0.15, 0.2) is 0 Å². The average molecular weight is 261 g/mol. The van der Waals surface area contributed by atoms with Gasteiger partial charge < -0.3 is 0 Å². The summed E-state index contributed by atoms with van der Waals surface area (Å²) in [5.74, 6) is 5.66. The number of nitrogens with one attached hydrogen (secondary N) is 1. The molecule has 0 amide bonds. The minimum absolute atomic E-state index is 0.117. The van der Waals surface area contributed by atoms with E-state index in [2.05, 4.69) is 36.6 Å². The first kappa shape index (κ1) is 13.1. The Kier molecular flexibility index (Phi) is 4.37. The molecule has 0 saturated heterocycles. The van der Waals surface area contributed by atoms with Gasteiger partial charge >= 0.3 is 0 Å². The van der Waals surface area contributed by atoms with E-state index in [4.69, 9.17) is 17.4 Å². The Morgan fingerprint density at radius 3 is 2.50 bits per heavy atom. The fourth-order valence-corrected chi connectivity index (χ4v) is 2.14. The first-order valence-electron chi connectivity index (χ1n) is 5.96. The molecule has 0 radical (unpaired) electrons. The van der Waals surface area contributed by atoms with Crippen LogP contribution in [0.3, 0.4) is 0 Å². The van der Waals surface area contributed by atoms with E-state index in [0.29, 0.717) is 0 Å². The van der Waals surface area contributed by atoms with Crippen molar-refractivity contribution in [3.63, 3.8) is 0 Å². The van der Waals surface area contributed by atoms with Gasteiger partial charge in [0, 0.05) is 11.1 Å². The molecule has 0 aliphatic carbocycles. The number of hydrazine groups is 1. The summed E-state index contributed by atoms with van der Waals surface area (Å²) in [5.41, 5.74) is 6.53. The van der Waals surface area contributed by atoms with Crippen LogP contribution in [0.5, 0.6) is 0 Å². The zero-order chi connectivity index (χ0) is 13.0. The highest BCUT2D eigenvalue weighted by molar-refractivity contribution is 6.30. The van der Waals surface area contributed by atoms with Crippen molar-refractivity contribution < 1.29 is 0 Å². The normalized spacial score (nSPS) is 12.4. The standard InChI is InChI=1S/C15H17ClN2/c1-11-3-2-4-13(9-11)15(18-17)10-12-5-7-14(16)8-6-12/h2-9,15,18H,10,17H2,1H3. The zero-order valence-corrected chi connectivity index (χ0v) is 11.1. The van der Waals surface area contributed by atoms with Crippen LogP contribution in [0.2, 0.25) is 5.02 Å². The van der Waals surface area contributed by atoms with Crippen LogP contribution in [-0.2, 0) is 6.42 Å². The second-order valence-corrected chi connectivity index (χ2v) is 4.90. The van der Waals surface area contributed by atoms with Crippen molar-refractivity contribution in [1.29, 1.82) is 0 Å². The third kappa shape index (κ3) is 3.33. The summed E-state index contributed by atoms with van der Waals surface area (Å²) in [6.45, 7) is 2.08. The van der Waals surface area contributed by atoms with Crippen LogP contribution >= 0.6 is 11.6 Å². The summed E-state index contributed by atoms with van der Waals surface area (Å²) < 4.78 is 0. The number of hydrogen-bond acceptors (Lipinski definition) is 2. The number of nitrogens with two attached hydrogens (primary N) is 1. The molecule has 18 heavy (non-hydrogen) atoms. The van der Waals surface area contributed by atoms with Crippen molar-refractivity contribution in [1.82, 2.24) is 5.43 Å². The van der Waals surface area contributed by atoms with E-state index in [1.165, 1.54) is 16.7 Å². The van der Waals surface area contributed by atoms with Gasteiger partial charge in [-0.1, -0.05) is 53.6 Å². The van der Waals surface area contributed by atoms with Gasteiger partial charge in [-0.2, -0.15) is 0 Å². The van der Waals surface area contributed by atoms with E-state index in [9.17, 15) is 0 Å². The van der Waals surface area contributed by atoms with Gasteiger partial charge in [0.1, 0.15) is 0 Å². The Morgan fingerprint density at radius 1 is 1.17 bits per heavy atom. The smallest absolute Gasteiger partial charge is 0.0500 e. The second-order valence-electron chi connectivity index (χ2n) is 4.46. The maximum atomic E-state index is 5.88. The number of aryl methyl sites for hydroxylation is 1. The average Bonchev–Trinajstić information content (AvgIpc) is 2.38. The molecule has 2 rings (SSSR count). The first-order valence-corrected chi connectivity index (χ1v) is 6.34. The van der Waals surface area contributed by atoms with Gasteiger partial charge in [-0.05, 0) is 36.6 Å². The van der Waals surface area contributed by atoms with Crippen LogP contribution in [0.4, 0.5) is 0 Å². The van der Waals surface area contributed by atoms with Gasteiger partial charge in [0.05, 0.1) is 0 Å². The lowest BCUT2D eigenvalue weighted by molar-refractivity contribution is 0.551. The highest BCUT2D eigenvalue weighted by Crippen LogP contribution is 2.20. The summed E-state index contributed by atoms with van der Waals surface area (Å²) in [5, 5.41) is 0.756. The molecule has 0 saturated carbocycles. The molecule has 0 aliphatic heterocycles. The molecule has 1 unspecified atom stereocenters. The Labute approximate surface area is 113 Å². The highest BCUT2D eigenvalue weighted by Gasteiger charge is 2.10. The quantitative estimate of drug-likeness (QED) is 0.653. The maximum Gasteiger partial charge on any atom is 0.0500 e. The molecule has 3 heteroatoms. The molecule has 2 nitrogen and oxygen atoms in total. The van der Waals surface area contributed by atoms with E-state index in [-0.39, 0.29) is 6.04 Å². The van der Waals surface area contributed by atoms with Crippen molar-refractivity contribution in [3.8, 4) is 0 Å². The van der Waals surface area contributed by atoms with Crippen LogP contribution in [-0.4, -0.2) is 0 Å². The molecular formula is C15H17ClN2. The number of rotatable bonds is 4. The fraction of sp³-hybridized carbons (Fsp3) is 0.200. The number of halogens is 1. The highest BCUT2D eigenvalue weighted by atomic mass is 35.5. The maximum absolute atomic E-state index is 5.88. The monoisotopic (exact) mass is 260 g/mol. The summed E-state index contributed by atoms with van der Waals surface area (Å²) in [6, 6.07) is 16.4. The lowest BCUT2D eigenvalue weighted by Gasteiger charge is -2.17. The van der Waals surface area contributed by atoms with Crippen molar-refractivity contribution in [2.75, 3.05) is 0 Å². The molecule has 94 valence electrons. The lowest BCUT2D eigenvalue weighted by atomic mass is 9.98. The third-order valence-corrected chi connectivity index (χ3v) is 3.25. The predicted octanol–water partition coefficient (Wildman–Crippen LogP) is 3.40. The molecule has 0 fully saturated rings. The molecular weight excluding hydrogens is 244 g/mol. The second kappa shape index (κ2) is 6.01. The van der Waals surface area contributed by atoms with Gasteiger partial charge in [-0.25, -0.2) is 0 Å². The molecule has 1 atom stereocenters. The van der Waals surface area contributed by atoms with Crippen LogP contribution in [0.25, 0.3) is 0 Å². The Bertz CT molecular complexity index is 508. The molecule has 0 spiro atoms. The van der Waals surface area contributed by atoms with Gasteiger partial charge in [0.2, 0.25) is 0 Å². The van der Waals surface area contributed by atoms with E-state index < -0.39 is 0 Å². The van der Waals surface area contributed by atoms with Crippen LogP contribution in [0, 0.1) is 6.92 Å². The van der Waals surface area contributed by atoms with Crippen molar-refractivity contribution in [3.05, 3.63) is 70.2 Å². The largest absolute Gasteiger partial charge is 0.271 e. The third-order valence-electron chi connectivity index (χ3n) is 3.00. The molecule has 0 aliphatic rings. The van der Waals surface area contributed by atoms with Gasteiger partial charge in [-0.15, -0.1) is 0 Å². The first-order chi connectivity index (χ1) is 8.69. The molecule has 0 bridgehead atoms. The van der Waals surface area contributed by atoms with Crippen LogP contribution in [0.15, 0.2) is 48.5 Å². The zero-order valence-electron chi connectivity index (χ0n) is 10.4. The Morgan fingerprint density at radius 2 is 1.89 bits per heavy atom. The summed E-state index contributed by atoms with van der Waals surface area (Å²) in [6.07, 6.45) is 0.844. The van der Waals surface area contributed by atoms with Crippen LogP contribution < -0.4 is 11.3 Å². The number of benzene rings is 2. The van der Waals surface area contributed by atoms with Crippen molar-refractivity contribution >= 4 is 11.6 Å². The lowest BCUT2D eigenvalue weighted by Crippen LogP contribution is -2.29. The minimum atomic E-state index is 0.117. The van der Waals surface area contributed by atoms with E-state index in [0.717, 1.165) is 11.4 Å². The molecule has 3 N–H and O–H groups in total. The van der Waals surface area contributed by atoms with Crippen LogP contribution in [0.1, 0.15) is 22.7 Å². The fourth-order valence-electron chi connectivity index (χ4n) is 2.02. The van der Waals surface area contributed by atoms with E-state index in [1.54, 1.807) is 0 Å². The SMILES string of the molecule is Cc1cccc(C(Cc2ccc(Cl)cc2)NN)c1. The van der Waals surface area contributed by atoms with Crippen molar-refractivity contribution in [2.45, 2.75) is 19.4 Å². The number of hydrogen-bond donors (Lipinski definition) is 2. The predicted molar refractivity (Wildman–Crippen MR) is 76.4 cm³/mol. The van der Waals surface area contributed by atoms with Crippen molar-refractivity contribution in [2.24, 2.45) is 5.84 Å². The van der Waals surface area contributed by atoms with E-state index >= 15 is 0 Å². The van der Waals surface area contributed by atoms with Gasteiger partial charge in [-0.3, -0.25) is 11.3 Å². The molecule has 0 heterocycles. The molecule has 2 aromatic carbocycles. The Balaban J connectivity index is 2.17. The van der Waals surface area contributed by atoms with E-state index in [1.807, 2.05) is 24.3 Å².